The molecule has 1 aliphatic carbocycles. The third-order valence-electron chi connectivity index (χ3n) is 4.58. The normalized spacial score (nSPS) is 16.8. The highest BCUT2D eigenvalue weighted by atomic mass is 16.5. The number of anilines is 1. The minimum atomic E-state index is -0.00840. The van der Waals surface area contributed by atoms with E-state index < -0.39 is 0 Å². The molecular formula is C18H28N2O3. The molecule has 0 bridgehead atoms. The van der Waals surface area contributed by atoms with Crippen molar-refractivity contribution >= 4 is 11.6 Å². The van der Waals surface area contributed by atoms with E-state index in [0.29, 0.717) is 26.2 Å². The second-order valence-corrected chi connectivity index (χ2v) is 6.36. The fourth-order valence-corrected chi connectivity index (χ4v) is 3.18. The summed E-state index contributed by atoms with van der Waals surface area (Å²) >= 11 is 0. The first-order chi connectivity index (χ1) is 11.2. The van der Waals surface area contributed by atoms with Crippen molar-refractivity contribution in [3.8, 4) is 5.75 Å². The van der Waals surface area contributed by atoms with Gasteiger partial charge < -0.3 is 20.5 Å². The Bertz CT molecular complexity index is 482. The van der Waals surface area contributed by atoms with Gasteiger partial charge in [0.15, 0.2) is 0 Å². The van der Waals surface area contributed by atoms with Gasteiger partial charge in [-0.05, 0) is 49.1 Å². The smallest absolute Gasteiger partial charge is 0.224 e. The first-order valence-electron chi connectivity index (χ1n) is 8.39. The van der Waals surface area contributed by atoms with E-state index in [1.807, 2.05) is 24.3 Å². The number of nitrogens with two attached hydrogens (primary N) is 1. The lowest BCUT2D eigenvalue weighted by atomic mass is 9.71. The molecule has 1 amide bonds. The highest BCUT2D eigenvalue weighted by molar-refractivity contribution is 5.91. The van der Waals surface area contributed by atoms with Gasteiger partial charge in [-0.1, -0.05) is 19.3 Å². The van der Waals surface area contributed by atoms with Crippen molar-refractivity contribution in [2.75, 3.05) is 32.2 Å². The van der Waals surface area contributed by atoms with Gasteiger partial charge in [-0.15, -0.1) is 0 Å². The van der Waals surface area contributed by atoms with Crippen LogP contribution in [0.1, 0.15) is 38.5 Å². The number of carbonyl (C=O) groups is 1. The van der Waals surface area contributed by atoms with E-state index >= 15 is 0 Å². The summed E-state index contributed by atoms with van der Waals surface area (Å²) in [5.74, 6) is 0.816. The Morgan fingerprint density at radius 3 is 2.48 bits per heavy atom. The molecule has 3 N–H and O–H groups in total. The van der Waals surface area contributed by atoms with Gasteiger partial charge in [-0.3, -0.25) is 4.79 Å². The zero-order valence-electron chi connectivity index (χ0n) is 14.0. The van der Waals surface area contributed by atoms with E-state index in [9.17, 15) is 4.79 Å². The quantitative estimate of drug-likeness (QED) is 0.722. The molecule has 5 heteroatoms. The predicted molar refractivity (Wildman–Crippen MR) is 91.6 cm³/mol. The van der Waals surface area contributed by atoms with Crippen LogP contribution in [0.2, 0.25) is 0 Å². The highest BCUT2D eigenvalue weighted by Gasteiger charge is 2.32. The number of rotatable bonds is 8. The summed E-state index contributed by atoms with van der Waals surface area (Å²) in [4.78, 5) is 12.3. The molecule has 5 nitrogen and oxygen atoms in total. The molecule has 1 aliphatic rings. The van der Waals surface area contributed by atoms with Crippen molar-refractivity contribution in [1.82, 2.24) is 0 Å². The number of nitrogens with one attached hydrogen (secondary N) is 1. The maximum atomic E-state index is 12.3. The van der Waals surface area contributed by atoms with Gasteiger partial charge in [-0.25, -0.2) is 0 Å². The lowest BCUT2D eigenvalue weighted by molar-refractivity contribution is -0.118. The zero-order valence-corrected chi connectivity index (χ0v) is 14.0. The van der Waals surface area contributed by atoms with Gasteiger partial charge in [0.05, 0.1) is 6.61 Å². The number of hydrogen-bond donors (Lipinski definition) is 2. The van der Waals surface area contributed by atoms with E-state index in [1.54, 1.807) is 7.11 Å². The molecule has 0 saturated heterocycles. The highest BCUT2D eigenvalue weighted by Crippen LogP contribution is 2.38. The SMILES string of the molecule is COCCOc1ccc(NC(=O)CC2(CN)CCCCC2)cc1. The Kier molecular flexibility index (Phi) is 6.86. The summed E-state index contributed by atoms with van der Waals surface area (Å²) in [6, 6.07) is 7.42. The average Bonchev–Trinajstić information content (AvgIpc) is 2.57. The van der Waals surface area contributed by atoms with Crippen LogP contribution in [0, 0.1) is 5.41 Å². The maximum Gasteiger partial charge on any atom is 0.224 e. The van der Waals surface area contributed by atoms with Crippen LogP contribution in [0.15, 0.2) is 24.3 Å². The van der Waals surface area contributed by atoms with Crippen LogP contribution in [-0.2, 0) is 9.53 Å². The van der Waals surface area contributed by atoms with Crippen LogP contribution >= 0.6 is 0 Å². The zero-order chi connectivity index (χ0) is 16.5. The van der Waals surface area contributed by atoms with Gasteiger partial charge in [-0.2, -0.15) is 0 Å². The molecular weight excluding hydrogens is 292 g/mol. The summed E-state index contributed by atoms with van der Waals surface area (Å²) in [7, 11) is 1.64. The molecule has 0 radical (unpaired) electrons. The van der Waals surface area contributed by atoms with Crippen molar-refractivity contribution < 1.29 is 14.3 Å². The molecule has 0 atom stereocenters. The number of ether oxygens (including phenoxy) is 2. The number of amides is 1. The van der Waals surface area contributed by atoms with Crippen molar-refractivity contribution in [1.29, 1.82) is 0 Å². The Morgan fingerprint density at radius 2 is 1.87 bits per heavy atom. The van der Waals surface area contributed by atoms with Crippen LogP contribution in [0.4, 0.5) is 5.69 Å². The lowest BCUT2D eigenvalue weighted by Gasteiger charge is -2.35. The monoisotopic (exact) mass is 320 g/mol. The van der Waals surface area contributed by atoms with E-state index in [2.05, 4.69) is 5.32 Å². The van der Waals surface area contributed by atoms with Crippen molar-refractivity contribution in [2.45, 2.75) is 38.5 Å². The van der Waals surface area contributed by atoms with Gasteiger partial charge in [0.25, 0.3) is 0 Å². The Hall–Kier alpha value is -1.59. The number of methoxy groups -OCH3 is 1. The minimum absolute atomic E-state index is 0.00840. The maximum absolute atomic E-state index is 12.3. The molecule has 1 saturated carbocycles. The summed E-state index contributed by atoms with van der Waals surface area (Å²) in [5, 5.41) is 2.97. The Labute approximate surface area is 138 Å². The van der Waals surface area contributed by atoms with E-state index in [-0.39, 0.29) is 11.3 Å². The Balaban J connectivity index is 1.84. The predicted octanol–water partition coefficient (Wildman–Crippen LogP) is 2.95. The van der Waals surface area contributed by atoms with Crippen molar-refractivity contribution in [3.05, 3.63) is 24.3 Å². The van der Waals surface area contributed by atoms with Crippen LogP contribution in [0.3, 0.4) is 0 Å². The van der Waals surface area contributed by atoms with E-state index in [1.165, 1.54) is 19.3 Å². The van der Waals surface area contributed by atoms with Gasteiger partial charge in [0, 0.05) is 19.2 Å². The third kappa shape index (κ3) is 5.52. The first-order valence-corrected chi connectivity index (χ1v) is 8.39. The minimum Gasteiger partial charge on any atom is -0.491 e. The summed E-state index contributed by atoms with van der Waals surface area (Å²) in [6.45, 7) is 1.66. The molecule has 0 unspecified atom stereocenters. The number of carbonyl (C=O) groups excluding carboxylic acids is 1. The summed E-state index contributed by atoms with van der Waals surface area (Å²) < 4.78 is 10.4. The van der Waals surface area contributed by atoms with Crippen LogP contribution < -0.4 is 15.8 Å². The van der Waals surface area contributed by atoms with Crippen molar-refractivity contribution in [3.63, 3.8) is 0 Å². The molecule has 128 valence electrons. The molecule has 1 aromatic rings. The topological polar surface area (TPSA) is 73.6 Å². The largest absolute Gasteiger partial charge is 0.491 e. The first kappa shape index (κ1) is 17.8. The van der Waals surface area contributed by atoms with Crippen LogP contribution in [-0.4, -0.2) is 32.8 Å². The number of benzene rings is 1. The average molecular weight is 320 g/mol. The second kappa shape index (κ2) is 8.89. The third-order valence-corrected chi connectivity index (χ3v) is 4.58. The molecule has 2 rings (SSSR count). The van der Waals surface area contributed by atoms with E-state index in [0.717, 1.165) is 24.3 Å². The summed E-state index contributed by atoms with van der Waals surface area (Å²) in [5.41, 5.74) is 6.73. The summed E-state index contributed by atoms with van der Waals surface area (Å²) in [6.07, 6.45) is 6.24. The lowest BCUT2D eigenvalue weighted by Crippen LogP contribution is -2.36. The molecule has 0 aliphatic heterocycles. The molecule has 1 aromatic carbocycles. The van der Waals surface area contributed by atoms with Crippen molar-refractivity contribution in [2.24, 2.45) is 11.1 Å². The van der Waals surface area contributed by atoms with Gasteiger partial charge in [0.1, 0.15) is 12.4 Å². The molecule has 0 aromatic heterocycles. The van der Waals surface area contributed by atoms with E-state index in [4.69, 9.17) is 15.2 Å². The molecule has 1 fully saturated rings. The molecule has 0 spiro atoms. The fraction of sp³-hybridized carbons (Fsp3) is 0.611. The fourth-order valence-electron chi connectivity index (χ4n) is 3.18. The Morgan fingerprint density at radius 1 is 1.17 bits per heavy atom. The van der Waals surface area contributed by atoms with Gasteiger partial charge in [0.2, 0.25) is 5.91 Å². The van der Waals surface area contributed by atoms with Crippen LogP contribution in [0.25, 0.3) is 0 Å². The molecule has 23 heavy (non-hydrogen) atoms. The number of hydrogen-bond acceptors (Lipinski definition) is 4. The standard InChI is InChI=1S/C18H28N2O3/c1-22-11-12-23-16-7-5-15(6-8-16)20-17(21)13-18(14-19)9-3-2-4-10-18/h5-8H,2-4,9-14,19H2,1H3,(H,20,21). The van der Waals surface area contributed by atoms with Crippen LogP contribution in [0.5, 0.6) is 5.75 Å². The van der Waals surface area contributed by atoms with Gasteiger partial charge >= 0.3 is 0 Å². The second-order valence-electron chi connectivity index (χ2n) is 6.36. The molecule has 0 heterocycles.